The topological polar surface area (TPSA) is 44.8 Å². The summed E-state index contributed by atoms with van der Waals surface area (Å²) < 4.78 is 16.0. The first-order chi connectivity index (χ1) is 9.22. The van der Waals surface area contributed by atoms with Gasteiger partial charge in [0.05, 0.1) is 18.6 Å². The van der Waals surface area contributed by atoms with E-state index in [4.69, 9.17) is 14.2 Å². The Hall–Kier alpha value is -0.610. The van der Waals surface area contributed by atoms with E-state index in [-0.39, 0.29) is 30.2 Å². The van der Waals surface area contributed by atoms with Crippen molar-refractivity contribution in [3.8, 4) is 0 Å². The Morgan fingerprint density at radius 1 is 1.15 bits per heavy atom. The monoisotopic (exact) mass is 288 g/mol. The van der Waals surface area contributed by atoms with Gasteiger partial charge in [0.15, 0.2) is 0 Å². The molecule has 120 valence electrons. The van der Waals surface area contributed by atoms with Crippen LogP contribution in [0.2, 0.25) is 0 Å². The number of hydrogen-bond donors (Lipinski definition) is 0. The quantitative estimate of drug-likeness (QED) is 0.480. The molecule has 20 heavy (non-hydrogen) atoms. The molecule has 0 aromatic rings. The van der Waals surface area contributed by atoms with Gasteiger partial charge in [-0.15, -0.1) is 0 Å². The molecule has 0 saturated carbocycles. The normalized spacial score (nSPS) is 15.2. The van der Waals surface area contributed by atoms with Crippen LogP contribution in [0.25, 0.3) is 0 Å². The molecule has 0 unspecified atom stereocenters. The number of rotatable bonds is 9. The molecule has 0 radical (unpaired) electrons. The molecule has 0 heterocycles. The van der Waals surface area contributed by atoms with Crippen LogP contribution in [0.4, 0.5) is 0 Å². The maximum atomic E-state index is 12.1. The number of carbonyl (C=O) groups excluding carboxylic acids is 1. The van der Waals surface area contributed by atoms with E-state index >= 15 is 0 Å². The highest BCUT2D eigenvalue weighted by Gasteiger charge is 2.32. The number of carbonyl (C=O) groups is 1. The molecule has 2 atom stereocenters. The smallest absolute Gasteiger partial charge is 0.309 e. The molecule has 0 saturated heterocycles. The Bertz CT molecular complexity index is 268. The summed E-state index contributed by atoms with van der Waals surface area (Å²) in [7, 11) is 1.61. The van der Waals surface area contributed by atoms with Gasteiger partial charge < -0.3 is 14.2 Å². The lowest BCUT2D eigenvalue weighted by molar-refractivity contribution is -0.154. The minimum Gasteiger partial charge on any atom is -0.466 e. The second kappa shape index (κ2) is 9.35. The predicted molar refractivity (Wildman–Crippen MR) is 80.4 cm³/mol. The van der Waals surface area contributed by atoms with Crippen LogP contribution >= 0.6 is 0 Å². The van der Waals surface area contributed by atoms with Gasteiger partial charge in [-0.1, -0.05) is 34.6 Å². The van der Waals surface area contributed by atoms with E-state index in [0.717, 1.165) is 6.42 Å². The third kappa shape index (κ3) is 7.85. The van der Waals surface area contributed by atoms with E-state index < -0.39 is 0 Å². The lowest BCUT2D eigenvalue weighted by atomic mass is 9.81. The summed E-state index contributed by atoms with van der Waals surface area (Å²) in [6.07, 6.45) is 1.46. The van der Waals surface area contributed by atoms with Crippen molar-refractivity contribution < 1.29 is 19.0 Å². The molecule has 0 amide bonds. The summed E-state index contributed by atoms with van der Waals surface area (Å²) in [6, 6.07) is 0. The highest BCUT2D eigenvalue weighted by Crippen LogP contribution is 2.30. The van der Waals surface area contributed by atoms with Crippen LogP contribution in [0.3, 0.4) is 0 Å². The average Bonchev–Trinajstić information content (AvgIpc) is 2.31. The Morgan fingerprint density at radius 2 is 1.75 bits per heavy atom. The van der Waals surface area contributed by atoms with Gasteiger partial charge in [-0.25, -0.2) is 0 Å². The van der Waals surface area contributed by atoms with Crippen LogP contribution in [0.1, 0.15) is 54.4 Å². The number of esters is 1. The van der Waals surface area contributed by atoms with E-state index in [0.29, 0.717) is 18.9 Å². The second-order valence-electron chi connectivity index (χ2n) is 6.74. The molecule has 0 aliphatic rings. The minimum atomic E-state index is -0.115. The van der Waals surface area contributed by atoms with E-state index in [1.165, 1.54) is 0 Å². The van der Waals surface area contributed by atoms with Crippen molar-refractivity contribution in [2.45, 2.75) is 60.5 Å². The van der Waals surface area contributed by atoms with Crippen LogP contribution in [-0.2, 0) is 19.0 Å². The highest BCUT2D eigenvalue weighted by atomic mass is 16.7. The molecule has 0 spiro atoms. The maximum absolute atomic E-state index is 12.1. The number of hydrogen-bond acceptors (Lipinski definition) is 4. The molecule has 0 rings (SSSR count). The summed E-state index contributed by atoms with van der Waals surface area (Å²) >= 11 is 0. The molecule has 4 heteroatoms. The van der Waals surface area contributed by atoms with Crippen molar-refractivity contribution in [1.82, 2.24) is 0 Å². The lowest BCUT2D eigenvalue weighted by Gasteiger charge is -2.33. The summed E-state index contributed by atoms with van der Waals surface area (Å²) in [4.78, 5) is 12.1. The molecule has 0 aliphatic heterocycles. The van der Waals surface area contributed by atoms with Crippen molar-refractivity contribution in [2.75, 3.05) is 20.5 Å². The fourth-order valence-corrected chi connectivity index (χ4v) is 2.20. The molecule has 4 nitrogen and oxygen atoms in total. The summed E-state index contributed by atoms with van der Waals surface area (Å²) in [5.74, 6) is 0.222. The average molecular weight is 288 g/mol. The van der Waals surface area contributed by atoms with Crippen molar-refractivity contribution in [1.29, 1.82) is 0 Å². The summed E-state index contributed by atoms with van der Waals surface area (Å²) in [5.41, 5.74) is -0.0414. The van der Waals surface area contributed by atoms with Crippen molar-refractivity contribution in [3.63, 3.8) is 0 Å². The van der Waals surface area contributed by atoms with Gasteiger partial charge in [0.2, 0.25) is 0 Å². The zero-order valence-corrected chi connectivity index (χ0v) is 14.2. The molecule has 0 aromatic carbocycles. The first-order valence-electron chi connectivity index (χ1n) is 7.49. The van der Waals surface area contributed by atoms with Gasteiger partial charge in [-0.2, -0.15) is 0 Å². The summed E-state index contributed by atoms with van der Waals surface area (Å²) in [5, 5.41) is 0. The van der Waals surface area contributed by atoms with Gasteiger partial charge in [0.1, 0.15) is 6.79 Å². The third-order valence-electron chi connectivity index (χ3n) is 3.23. The molecule has 0 N–H and O–H groups in total. The van der Waals surface area contributed by atoms with E-state index in [2.05, 4.69) is 34.6 Å². The molecular weight excluding hydrogens is 256 g/mol. The first-order valence-corrected chi connectivity index (χ1v) is 7.49. The molecular formula is C16H32O4. The molecule has 0 aromatic heterocycles. The molecule has 0 fully saturated rings. The van der Waals surface area contributed by atoms with Gasteiger partial charge in [-0.05, 0) is 31.1 Å². The van der Waals surface area contributed by atoms with Crippen LogP contribution in [0.5, 0.6) is 0 Å². The molecule has 0 bridgehead atoms. The first kappa shape index (κ1) is 19.4. The van der Waals surface area contributed by atoms with E-state index in [1.54, 1.807) is 7.11 Å². The van der Waals surface area contributed by atoms with Gasteiger partial charge in [0.25, 0.3) is 0 Å². The fraction of sp³-hybridized carbons (Fsp3) is 0.938. The van der Waals surface area contributed by atoms with Crippen molar-refractivity contribution in [2.24, 2.45) is 17.3 Å². The van der Waals surface area contributed by atoms with Gasteiger partial charge in [-0.3, -0.25) is 4.79 Å². The minimum absolute atomic E-state index is 0.0318. The van der Waals surface area contributed by atoms with Crippen LogP contribution in [-0.4, -0.2) is 32.6 Å². The van der Waals surface area contributed by atoms with E-state index in [9.17, 15) is 4.79 Å². The Kier molecular flexibility index (Phi) is 9.06. The molecule has 0 aliphatic carbocycles. The number of ether oxygens (including phenoxy) is 3. The fourth-order valence-electron chi connectivity index (χ4n) is 2.20. The maximum Gasteiger partial charge on any atom is 0.309 e. The van der Waals surface area contributed by atoms with Crippen LogP contribution in [0.15, 0.2) is 0 Å². The summed E-state index contributed by atoms with van der Waals surface area (Å²) in [6.45, 7) is 13.1. The van der Waals surface area contributed by atoms with Gasteiger partial charge >= 0.3 is 5.97 Å². The number of methoxy groups -OCH3 is 1. The highest BCUT2D eigenvalue weighted by molar-refractivity contribution is 5.72. The standard InChI is InChI=1S/C16H32O4/c1-8-19-15(17)13(9-12(2)3)10-14(16(4,5)6)20-11-18-7/h12-14H,8-11H2,1-7H3/t13-,14-/m0/s1. The SMILES string of the molecule is CCOC(=O)[C@@H](CC(C)C)C[C@H](OCOC)C(C)(C)C. The van der Waals surface area contributed by atoms with E-state index in [1.807, 2.05) is 6.92 Å². The largest absolute Gasteiger partial charge is 0.466 e. The second-order valence-corrected chi connectivity index (χ2v) is 6.74. The van der Waals surface area contributed by atoms with Crippen LogP contribution in [0, 0.1) is 17.3 Å². The Labute approximate surface area is 124 Å². The zero-order valence-electron chi connectivity index (χ0n) is 14.2. The van der Waals surface area contributed by atoms with Crippen LogP contribution < -0.4 is 0 Å². The zero-order chi connectivity index (χ0) is 15.8. The van der Waals surface area contributed by atoms with Gasteiger partial charge in [0, 0.05) is 7.11 Å². The lowest BCUT2D eigenvalue weighted by Crippen LogP contribution is -2.35. The Morgan fingerprint density at radius 3 is 2.15 bits per heavy atom. The Balaban J connectivity index is 4.82. The van der Waals surface area contributed by atoms with Crippen molar-refractivity contribution >= 4 is 5.97 Å². The predicted octanol–water partition coefficient (Wildman–Crippen LogP) is 3.64. The van der Waals surface area contributed by atoms with Crippen molar-refractivity contribution in [3.05, 3.63) is 0 Å². The third-order valence-corrected chi connectivity index (χ3v) is 3.23.